The average Bonchev–Trinajstić information content (AvgIpc) is 3.52. The lowest BCUT2D eigenvalue weighted by molar-refractivity contribution is -0.117. The molecule has 2 aromatic rings. The van der Waals surface area contributed by atoms with Crippen LogP contribution in [0.3, 0.4) is 0 Å². The topological polar surface area (TPSA) is 116 Å². The third kappa shape index (κ3) is 6.35. The fourth-order valence-corrected chi connectivity index (χ4v) is 5.65. The third-order valence-electron chi connectivity index (χ3n) is 7.77. The molecular weight excluding hydrogens is 480 g/mol. The number of carbonyl (C=O) groups excluding carboxylic acids is 2. The maximum Gasteiger partial charge on any atom is 0.245 e. The molecule has 2 unspecified atom stereocenters. The molecule has 4 heterocycles. The molecule has 10 heteroatoms. The van der Waals surface area contributed by atoms with E-state index in [4.69, 9.17) is 0 Å². The number of nitrogens with zero attached hydrogens (tertiary/aromatic N) is 6. The number of allylic oxidation sites excluding steroid dienone is 2. The molecule has 2 N–H and O–H groups in total. The van der Waals surface area contributed by atoms with Gasteiger partial charge in [-0.05, 0) is 69.2 Å². The number of nitrogens with one attached hydrogen (secondary N) is 2. The van der Waals surface area contributed by atoms with E-state index < -0.39 is 0 Å². The molecule has 0 spiro atoms. The number of hydrogen-bond acceptors (Lipinski definition) is 8. The second kappa shape index (κ2) is 11.7. The fraction of sp³-hybridized carbons (Fsp3) is 0.500. The normalized spacial score (nSPS) is 21.6. The largest absolute Gasteiger partial charge is 0.366 e. The molecule has 2 atom stereocenters. The molecule has 3 fully saturated rings. The predicted molar refractivity (Wildman–Crippen MR) is 145 cm³/mol. The molecule has 10 nitrogen and oxygen atoms in total. The van der Waals surface area contributed by atoms with Crippen LogP contribution in [0.15, 0.2) is 48.8 Å². The standard InChI is InChI=1S/C28H36N8O2/c1-19-6-4-14-35(19)17-27(37)29-25-12-10-23(31-33-25)21-8-3-9-22(16-21)24-11-13-26(34-32-24)30-28(38)18-36-15-5-7-20(36)2/h10-13,21-22H,1-9,14-18H2,(H,29,33,37)(H,30,34,38). The van der Waals surface area contributed by atoms with E-state index >= 15 is 0 Å². The molecule has 5 rings (SSSR count). The van der Waals surface area contributed by atoms with Gasteiger partial charge in [0.15, 0.2) is 11.6 Å². The molecule has 0 radical (unpaired) electrons. The van der Waals surface area contributed by atoms with Crippen LogP contribution in [-0.4, -0.2) is 68.2 Å². The van der Waals surface area contributed by atoms with Crippen LogP contribution in [0, 0.1) is 0 Å². The molecule has 1 saturated carbocycles. The average molecular weight is 517 g/mol. The Bertz CT molecular complexity index is 1090. The lowest BCUT2D eigenvalue weighted by atomic mass is 9.78. The molecular formula is C28H36N8O2. The molecule has 1 aliphatic carbocycles. The zero-order valence-electron chi connectivity index (χ0n) is 21.9. The van der Waals surface area contributed by atoms with Gasteiger partial charge >= 0.3 is 0 Å². The summed E-state index contributed by atoms with van der Waals surface area (Å²) < 4.78 is 0. The van der Waals surface area contributed by atoms with Crippen molar-refractivity contribution in [3.63, 3.8) is 0 Å². The zero-order valence-corrected chi connectivity index (χ0v) is 21.9. The number of hydrogen-bond donors (Lipinski definition) is 2. The minimum absolute atomic E-state index is 0.104. The number of amides is 2. The van der Waals surface area contributed by atoms with Crippen molar-refractivity contribution < 1.29 is 9.59 Å². The van der Waals surface area contributed by atoms with Crippen LogP contribution in [0.1, 0.15) is 74.6 Å². The second-order valence-corrected chi connectivity index (χ2v) is 10.5. The third-order valence-corrected chi connectivity index (χ3v) is 7.77. The van der Waals surface area contributed by atoms with Crippen molar-refractivity contribution in [2.45, 2.75) is 63.2 Å². The quantitative estimate of drug-likeness (QED) is 0.544. The highest BCUT2D eigenvalue weighted by molar-refractivity contribution is 5.92. The van der Waals surface area contributed by atoms with Crippen LogP contribution >= 0.6 is 0 Å². The monoisotopic (exact) mass is 516 g/mol. The molecule has 2 aliphatic heterocycles. The van der Waals surface area contributed by atoms with Gasteiger partial charge in [-0.2, -0.15) is 10.2 Å². The Labute approximate surface area is 223 Å². The Morgan fingerprint density at radius 3 is 1.58 bits per heavy atom. The van der Waals surface area contributed by atoms with Crippen LogP contribution in [0.25, 0.3) is 0 Å². The number of aromatic nitrogens is 4. The van der Waals surface area contributed by atoms with Gasteiger partial charge in [0.1, 0.15) is 0 Å². The maximum atomic E-state index is 12.4. The maximum absolute atomic E-state index is 12.4. The summed E-state index contributed by atoms with van der Waals surface area (Å²) in [6, 6.07) is 7.59. The Balaban J connectivity index is 1.12. The highest BCUT2D eigenvalue weighted by Crippen LogP contribution is 2.40. The number of anilines is 2. The first-order valence-corrected chi connectivity index (χ1v) is 13.6. The van der Waals surface area contributed by atoms with Crippen molar-refractivity contribution in [3.8, 4) is 0 Å². The van der Waals surface area contributed by atoms with E-state index in [-0.39, 0.29) is 23.7 Å². The summed E-state index contributed by atoms with van der Waals surface area (Å²) in [5, 5.41) is 23.1. The minimum atomic E-state index is -0.104. The van der Waals surface area contributed by atoms with Gasteiger partial charge < -0.3 is 20.4 Å². The number of carbonyl (C=O) groups is 2. The molecule has 2 aromatic heterocycles. The first-order chi connectivity index (χ1) is 18.4. The SMILES string of the molecule is C=C1CCCN1CC(=O)Nc1ccc(C2CCCC(c3ccc(NC(=O)CN4CCCC4=C)nn3)C2)nn1. The summed E-state index contributed by atoms with van der Waals surface area (Å²) in [6.07, 6.45) is 8.05. The number of likely N-dealkylation sites (tertiary alicyclic amines) is 2. The first-order valence-electron chi connectivity index (χ1n) is 13.6. The van der Waals surface area contributed by atoms with Gasteiger partial charge in [-0.15, -0.1) is 10.2 Å². The summed E-state index contributed by atoms with van der Waals surface area (Å²) >= 11 is 0. The van der Waals surface area contributed by atoms with Gasteiger partial charge in [0.05, 0.1) is 24.5 Å². The van der Waals surface area contributed by atoms with E-state index in [1.54, 1.807) is 0 Å². The molecule has 2 amide bonds. The van der Waals surface area contributed by atoms with Gasteiger partial charge in [0.25, 0.3) is 0 Å². The lowest BCUT2D eigenvalue weighted by Gasteiger charge is -2.28. The lowest BCUT2D eigenvalue weighted by Crippen LogP contribution is -2.30. The van der Waals surface area contributed by atoms with E-state index in [0.29, 0.717) is 24.7 Å². The van der Waals surface area contributed by atoms with Crippen LogP contribution in [0.4, 0.5) is 11.6 Å². The van der Waals surface area contributed by atoms with Crippen molar-refractivity contribution in [2.24, 2.45) is 0 Å². The summed E-state index contributed by atoms with van der Waals surface area (Å²) in [5.74, 6) is 1.27. The zero-order chi connectivity index (χ0) is 26.5. The van der Waals surface area contributed by atoms with Gasteiger partial charge in [-0.3, -0.25) is 9.59 Å². The van der Waals surface area contributed by atoms with Gasteiger partial charge in [0, 0.05) is 36.3 Å². The molecule has 0 bridgehead atoms. The van der Waals surface area contributed by atoms with Crippen molar-refractivity contribution >= 4 is 23.5 Å². The highest BCUT2D eigenvalue weighted by Gasteiger charge is 2.27. The second-order valence-electron chi connectivity index (χ2n) is 10.5. The predicted octanol–water partition coefficient (Wildman–Crippen LogP) is 3.80. The first kappa shape index (κ1) is 25.8. The van der Waals surface area contributed by atoms with E-state index in [1.165, 1.54) is 0 Å². The van der Waals surface area contributed by atoms with Gasteiger partial charge in [-0.25, -0.2) is 0 Å². The van der Waals surface area contributed by atoms with Crippen molar-refractivity contribution in [1.29, 1.82) is 0 Å². The summed E-state index contributed by atoms with van der Waals surface area (Å²) in [7, 11) is 0. The van der Waals surface area contributed by atoms with Crippen LogP contribution in [0.5, 0.6) is 0 Å². The Morgan fingerprint density at radius 1 is 0.737 bits per heavy atom. The summed E-state index contributed by atoms with van der Waals surface area (Å²) in [4.78, 5) is 28.8. The van der Waals surface area contributed by atoms with Gasteiger partial charge in [0.2, 0.25) is 11.8 Å². The van der Waals surface area contributed by atoms with Crippen molar-refractivity contribution in [3.05, 3.63) is 60.2 Å². The molecule has 38 heavy (non-hydrogen) atoms. The Hall–Kier alpha value is -3.82. The van der Waals surface area contributed by atoms with Crippen molar-refractivity contribution in [1.82, 2.24) is 30.2 Å². The van der Waals surface area contributed by atoms with E-state index in [1.807, 2.05) is 34.1 Å². The Kier molecular flexibility index (Phi) is 7.95. The molecule has 0 aromatic carbocycles. The van der Waals surface area contributed by atoms with Crippen LogP contribution < -0.4 is 10.6 Å². The molecule has 200 valence electrons. The van der Waals surface area contributed by atoms with E-state index in [0.717, 1.165) is 87.2 Å². The number of rotatable bonds is 8. The summed E-state index contributed by atoms with van der Waals surface area (Å²) in [6.45, 7) is 10.4. The van der Waals surface area contributed by atoms with Crippen LogP contribution in [-0.2, 0) is 9.59 Å². The van der Waals surface area contributed by atoms with E-state index in [9.17, 15) is 9.59 Å². The Morgan fingerprint density at radius 2 is 1.21 bits per heavy atom. The summed E-state index contributed by atoms with van der Waals surface area (Å²) in [5.41, 5.74) is 3.89. The van der Waals surface area contributed by atoms with E-state index in [2.05, 4.69) is 44.2 Å². The van der Waals surface area contributed by atoms with Gasteiger partial charge in [-0.1, -0.05) is 19.6 Å². The fourth-order valence-electron chi connectivity index (χ4n) is 5.65. The molecule has 2 saturated heterocycles. The minimum Gasteiger partial charge on any atom is -0.366 e. The highest BCUT2D eigenvalue weighted by atomic mass is 16.2. The van der Waals surface area contributed by atoms with Crippen molar-refractivity contribution in [2.75, 3.05) is 36.8 Å². The van der Waals surface area contributed by atoms with Crippen LogP contribution in [0.2, 0.25) is 0 Å². The smallest absolute Gasteiger partial charge is 0.245 e. The molecule has 3 aliphatic rings.